The van der Waals surface area contributed by atoms with Crippen molar-refractivity contribution >= 4 is 27.5 Å². The molecule has 1 aliphatic heterocycles. The molecule has 1 aliphatic rings. The summed E-state index contributed by atoms with van der Waals surface area (Å²) in [5.74, 6) is 0.189. The summed E-state index contributed by atoms with van der Waals surface area (Å²) in [7, 11) is -1.37. The fraction of sp³-hybridized carbons (Fsp3) is 0.533. The quantitative estimate of drug-likeness (QED) is 0.915. The Kier molecular flexibility index (Phi) is 4.73. The highest BCUT2D eigenvalue weighted by Gasteiger charge is 2.34. The first-order chi connectivity index (χ1) is 10.1. The molecule has 7 heteroatoms. The summed E-state index contributed by atoms with van der Waals surface area (Å²) in [6, 6.07) is 6.74. The van der Waals surface area contributed by atoms with Gasteiger partial charge in [0.2, 0.25) is 0 Å². The molecule has 0 aliphatic carbocycles. The standard InChI is InChI=1S/C15H21ClN2O3S/c1-15(2,11-4-6-12(16)7-5-11)17-14(19)18(3)13-8-9-22(20,21)10-13/h4-7,13H,8-10H2,1-3H3,(H,17,19). The van der Waals surface area contributed by atoms with Crippen LogP contribution in [0, 0.1) is 0 Å². The fourth-order valence-electron chi connectivity index (χ4n) is 2.54. The highest BCUT2D eigenvalue weighted by Crippen LogP contribution is 2.23. The average Bonchev–Trinajstić information content (AvgIpc) is 2.78. The first-order valence-corrected chi connectivity index (χ1v) is 9.32. The van der Waals surface area contributed by atoms with E-state index in [9.17, 15) is 13.2 Å². The summed E-state index contributed by atoms with van der Waals surface area (Å²) in [5, 5.41) is 3.58. The molecule has 2 amide bonds. The molecule has 0 radical (unpaired) electrons. The van der Waals surface area contributed by atoms with E-state index in [1.54, 1.807) is 19.2 Å². The van der Waals surface area contributed by atoms with Crippen molar-refractivity contribution in [2.75, 3.05) is 18.6 Å². The Morgan fingerprint density at radius 3 is 2.41 bits per heavy atom. The maximum absolute atomic E-state index is 12.4. The van der Waals surface area contributed by atoms with Gasteiger partial charge in [0.25, 0.3) is 0 Å². The van der Waals surface area contributed by atoms with Crippen molar-refractivity contribution in [3.8, 4) is 0 Å². The lowest BCUT2D eigenvalue weighted by atomic mass is 9.94. The van der Waals surface area contributed by atoms with E-state index in [0.717, 1.165) is 5.56 Å². The normalized spacial score (nSPS) is 20.6. The van der Waals surface area contributed by atoms with Crippen LogP contribution in [-0.2, 0) is 15.4 Å². The van der Waals surface area contributed by atoms with Crippen LogP contribution in [-0.4, -0.2) is 43.9 Å². The molecule has 2 rings (SSSR count). The minimum Gasteiger partial charge on any atom is -0.329 e. The molecule has 0 aromatic heterocycles. The zero-order chi connectivity index (χ0) is 16.5. The number of hydrogen-bond donors (Lipinski definition) is 1. The van der Waals surface area contributed by atoms with Crippen molar-refractivity contribution in [1.29, 1.82) is 0 Å². The van der Waals surface area contributed by atoms with Crippen molar-refractivity contribution in [2.24, 2.45) is 0 Å². The summed E-state index contributed by atoms with van der Waals surface area (Å²) < 4.78 is 23.1. The summed E-state index contributed by atoms with van der Waals surface area (Å²) in [6.45, 7) is 3.79. The molecule has 1 atom stereocenters. The molecule has 1 unspecified atom stereocenters. The fourth-order valence-corrected chi connectivity index (χ4v) is 4.44. The molecular weight excluding hydrogens is 324 g/mol. The largest absolute Gasteiger partial charge is 0.329 e. The van der Waals surface area contributed by atoms with Gasteiger partial charge in [0, 0.05) is 18.1 Å². The van der Waals surface area contributed by atoms with E-state index >= 15 is 0 Å². The van der Waals surface area contributed by atoms with E-state index in [4.69, 9.17) is 11.6 Å². The molecule has 0 bridgehead atoms. The molecule has 1 fully saturated rings. The minimum atomic E-state index is -3.01. The maximum atomic E-state index is 12.4. The Labute approximate surface area is 136 Å². The van der Waals surface area contributed by atoms with E-state index in [2.05, 4.69) is 5.32 Å². The predicted octanol–water partition coefficient (Wildman–Crippen LogP) is 2.40. The maximum Gasteiger partial charge on any atom is 0.318 e. The van der Waals surface area contributed by atoms with Crippen molar-refractivity contribution < 1.29 is 13.2 Å². The highest BCUT2D eigenvalue weighted by molar-refractivity contribution is 7.91. The van der Waals surface area contributed by atoms with Gasteiger partial charge in [-0.2, -0.15) is 0 Å². The first-order valence-electron chi connectivity index (χ1n) is 7.12. The van der Waals surface area contributed by atoms with E-state index in [1.165, 1.54) is 4.90 Å². The Balaban J connectivity index is 2.05. The van der Waals surface area contributed by atoms with Gasteiger partial charge in [-0.1, -0.05) is 23.7 Å². The van der Waals surface area contributed by atoms with E-state index in [1.807, 2.05) is 26.0 Å². The van der Waals surface area contributed by atoms with Crippen LogP contribution in [0.4, 0.5) is 4.79 Å². The van der Waals surface area contributed by atoms with Gasteiger partial charge in [-0.3, -0.25) is 0 Å². The van der Waals surface area contributed by atoms with Crippen LogP contribution in [0.2, 0.25) is 5.02 Å². The number of rotatable bonds is 3. The van der Waals surface area contributed by atoms with Gasteiger partial charge in [-0.05, 0) is 38.0 Å². The van der Waals surface area contributed by atoms with Crippen LogP contribution < -0.4 is 5.32 Å². The van der Waals surface area contributed by atoms with Crippen LogP contribution in [0.5, 0.6) is 0 Å². The zero-order valence-corrected chi connectivity index (χ0v) is 14.5. The number of hydrogen-bond acceptors (Lipinski definition) is 3. The topological polar surface area (TPSA) is 66.5 Å². The summed E-state index contributed by atoms with van der Waals surface area (Å²) >= 11 is 5.88. The average molecular weight is 345 g/mol. The van der Waals surface area contributed by atoms with E-state index < -0.39 is 15.4 Å². The number of carbonyl (C=O) groups is 1. The Hall–Kier alpha value is -1.27. The highest BCUT2D eigenvalue weighted by atomic mass is 35.5. The second-order valence-electron chi connectivity index (χ2n) is 6.23. The van der Waals surface area contributed by atoms with Gasteiger partial charge in [-0.15, -0.1) is 0 Å². The molecule has 22 heavy (non-hydrogen) atoms. The summed E-state index contributed by atoms with van der Waals surface area (Å²) in [5.41, 5.74) is 0.352. The SMILES string of the molecule is CN(C(=O)NC(C)(C)c1ccc(Cl)cc1)C1CCS(=O)(=O)C1. The van der Waals surface area contributed by atoms with Gasteiger partial charge in [-0.25, -0.2) is 13.2 Å². The second kappa shape index (κ2) is 6.08. The third kappa shape index (κ3) is 3.93. The van der Waals surface area contributed by atoms with Crippen molar-refractivity contribution in [3.05, 3.63) is 34.9 Å². The Bertz CT molecular complexity index is 656. The zero-order valence-electron chi connectivity index (χ0n) is 13.0. The van der Waals surface area contributed by atoms with Crippen LogP contribution in [0.3, 0.4) is 0 Å². The van der Waals surface area contributed by atoms with Crippen molar-refractivity contribution in [1.82, 2.24) is 10.2 Å². The molecule has 1 aromatic rings. The molecule has 0 spiro atoms. The van der Waals surface area contributed by atoms with Crippen molar-refractivity contribution in [3.63, 3.8) is 0 Å². The number of halogens is 1. The van der Waals surface area contributed by atoms with Crippen LogP contribution >= 0.6 is 11.6 Å². The number of sulfone groups is 1. The lowest BCUT2D eigenvalue weighted by molar-refractivity contribution is 0.184. The summed E-state index contributed by atoms with van der Waals surface area (Å²) in [6.07, 6.45) is 0.494. The first kappa shape index (κ1) is 17.1. The molecule has 1 heterocycles. The van der Waals surface area contributed by atoms with Crippen LogP contribution in [0.1, 0.15) is 25.8 Å². The van der Waals surface area contributed by atoms with Gasteiger partial charge in [0.05, 0.1) is 17.0 Å². The number of carbonyl (C=O) groups excluding carboxylic acids is 1. The number of benzene rings is 1. The van der Waals surface area contributed by atoms with Gasteiger partial charge >= 0.3 is 6.03 Å². The van der Waals surface area contributed by atoms with E-state index in [-0.39, 0.29) is 23.6 Å². The molecule has 5 nitrogen and oxygen atoms in total. The lowest BCUT2D eigenvalue weighted by Gasteiger charge is -2.32. The third-order valence-electron chi connectivity index (χ3n) is 4.06. The van der Waals surface area contributed by atoms with Gasteiger partial charge in [0.1, 0.15) is 0 Å². The van der Waals surface area contributed by atoms with Gasteiger partial charge < -0.3 is 10.2 Å². The molecule has 1 N–H and O–H groups in total. The monoisotopic (exact) mass is 344 g/mol. The minimum absolute atomic E-state index is 0.0400. The third-order valence-corrected chi connectivity index (χ3v) is 6.06. The number of amides is 2. The number of urea groups is 1. The molecular formula is C15H21ClN2O3S. The van der Waals surface area contributed by atoms with E-state index in [0.29, 0.717) is 11.4 Å². The molecule has 122 valence electrons. The summed E-state index contributed by atoms with van der Waals surface area (Å²) in [4.78, 5) is 13.9. The number of nitrogens with zero attached hydrogens (tertiary/aromatic N) is 1. The second-order valence-corrected chi connectivity index (χ2v) is 8.89. The van der Waals surface area contributed by atoms with Crippen molar-refractivity contribution in [2.45, 2.75) is 31.8 Å². The van der Waals surface area contributed by atoms with Crippen LogP contribution in [0.25, 0.3) is 0 Å². The lowest BCUT2D eigenvalue weighted by Crippen LogP contribution is -2.50. The molecule has 1 aromatic carbocycles. The number of nitrogens with one attached hydrogen (secondary N) is 1. The Morgan fingerprint density at radius 2 is 1.91 bits per heavy atom. The van der Waals surface area contributed by atoms with Crippen LogP contribution in [0.15, 0.2) is 24.3 Å². The molecule has 1 saturated heterocycles. The Morgan fingerprint density at radius 1 is 1.32 bits per heavy atom. The molecule has 0 saturated carbocycles. The smallest absolute Gasteiger partial charge is 0.318 e. The van der Waals surface area contributed by atoms with Gasteiger partial charge in [0.15, 0.2) is 9.84 Å². The predicted molar refractivity (Wildman–Crippen MR) is 87.8 cm³/mol.